The van der Waals surface area contributed by atoms with Crippen molar-refractivity contribution in [2.45, 2.75) is 50.7 Å². The van der Waals surface area contributed by atoms with Gasteiger partial charge in [0.25, 0.3) is 0 Å². The summed E-state index contributed by atoms with van der Waals surface area (Å²) in [6, 6.07) is 14.3. The van der Waals surface area contributed by atoms with E-state index in [2.05, 4.69) is 28.5 Å². The molecule has 28 heavy (non-hydrogen) atoms. The van der Waals surface area contributed by atoms with E-state index in [-0.39, 0.29) is 24.0 Å². The van der Waals surface area contributed by atoms with E-state index in [0.717, 1.165) is 68.6 Å². The molecule has 2 heterocycles. The molecular formula is C23H29N3O2. The van der Waals surface area contributed by atoms with Crippen LogP contribution in [-0.4, -0.2) is 41.2 Å². The van der Waals surface area contributed by atoms with Gasteiger partial charge in [0.05, 0.1) is 12.0 Å². The SMILES string of the molecule is O=C([C@H]1CCCNC1)N(c1ccc(-c2ccccc2)cn1)C1CCC(O)CC1. The van der Waals surface area contributed by atoms with Crippen molar-refractivity contribution in [3.8, 4) is 11.1 Å². The second-order valence-electron chi connectivity index (χ2n) is 7.98. The Kier molecular flexibility index (Phi) is 6.03. The first-order valence-corrected chi connectivity index (χ1v) is 10.5. The minimum atomic E-state index is -0.238. The van der Waals surface area contributed by atoms with Crippen LogP contribution in [0, 0.1) is 5.92 Å². The normalized spacial score (nSPS) is 25.2. The molecule has 1 saturated heterocycles. The van der Waals surface area contributed by atoms with Crippen LogP contribution in [0.1, 0.15) is 38.5 Å². The van der Waals surface area contributed by atoms with Gasteiger partial charge in [0.2, 0.25) is 5.91 Å². The fourth-order valence-corrected chi connectivity index (χ4v) is 4.39. The van der Waals surface area contributed by atoms with Gasteiger partial charge in [0.1, 0.15) is 5.82 Å². The Morgan fingerprint density at radius 2 is 1.79 bits per heavy atom. The van der Waals surface area contributed by atoms with Crippen LogP contribution in [0.3, 0.4) is 0 Å². The molecule has 1 aliphatic heterocycles. The molecule has 148 valence electrons. The summed E-state index contributed by atoms with van der Waals surface area (Å²) in [6.07, 6.45) is 6.75. The van der Waals surface area contributed by atoms with E-state index in [1.54, 1.807) is 0 Å². The van der Waals surface area contributed by atoms with Crippen LogP contribution in [0.15, 0.2) is 48.7 Å². The maximum absolute atomic E-state index is 13.4. The van der Waals surface area contributed by atoms with Gasteiger partial charge < -0.3 is 10.4 Å². The van der Waals surface area contributed by atoms with Crippen LogP contribution >= 0.6 is 0 Å². The van der Waals surface area contributed by atoms with Gasteiger partial charge in [0.15, 0.2) is 0 Å². The number of carbonyl (C=O) groups is 1. The number of piperidine rings is 1. The molecule has 0 bridgehead atoms. The molecule has 2 fully saturated rings. The third-order valence-electron chi connectivity index (χ3n) is 6.02. The van der Waals surface area contributed by atoms with E-state index in [9.17, 15) is 9.90 Å². The first-order chi connectivity index (χ1) is 13.7. The number of rotatable bonds is 4. The number of hydrogen-bond acceptors (Lipinski definition) is 4. The average Bonchev–Trinajstić information content (AvgIpc) is 2.77. The molecule has 1 saturated carbocycles. The lowest BCUT2D eigenvalue weighted by atomic mass is 9.90. The Morgan fingerprint density at radius 3 is 2.43 bits per heavy atom. The molecule has 5 heteroatoms. The van der Waals surface area contributed by atoms with Crippen molar-refractivity contribution in [1.82, 2.24) is 10.3 Å². The number of nitrogens with zero attached hydrogens (tertiary/aromatic N) is 2. The lowest BCUT2D eigenvalue weighted by Crippen LogP contribution is -2.49. The van der Waals surface area contributed by atoms with Gasteiger partial charge in [-0.25, -0.2) is 4.98 Å². The highest BCUT2D eigenvalue weighted by molar-refractivity contribution is 5.95. The number of hydrogen-bond donors (Lipinski definition) is 2. The molecule has 1 amide bonds. The number of nitrogens with one attached hydrogen (secondary N) is 1. The number of aliphatic hydroxyl groups is 1. The maximum Gasteiger partial charge on any atom is 0.232 e. The van der Waals surface area contributed by atoms with Gasteiger partial charge in [-0.05, 0) is 62.8 Å². The fraction of sp³-hybridized carbons (Fsp3) is 0.478. The molecule has 4 rings (SSSR count). The summed E-state index contributed by atoms with van der Waals surface area (Å²) < 4.78 is 0. The average molecular weight is 380 g/mol. The van der Waals surface area contributed by atoms with E-state index in [1.807, 2.05) is 35.4 Å². The van der Waals surface area contributed by atoms with Crippen LogP contribution in [-0.2, 0) is 4.79 Å². The number of aliphatic hydroxyl groups excluding tert-OH is 1. The van der Waals surface area contributed by atoms with Crippen LogP contribution in [0.2, 0.25) is 0 Å². The van der Waals surface area contributed by atoms with Crippen molar-refractivity contribution in [2.24, 2.45) is 5.92 Å². The van der Waals surface area contributed by atoms with Gasteiger partial charge >= 0.3 is 0 Å². The highest BCUT2D eigenvalue weighted by atomic mass is 16.3. The van der Waals surface area contributed by atoms with E-state index in [1.165, 1.54) is 0 Å². The lowest BCUT2D eigenvalue weighted by molar-refractivity contribution is -0.123. The number of aromatic nitrogens is 1. The zero-order chi connectivity index (χ0) is 19.3. The Labute approximate surface area is 166 Å². The molecular weight excluding hydrogens is 350 g/mol. The monoisotopic (exact) mass is 379 g/mol. The predicted molar refractivity (Wildman–Crippen MR) is 111 cm³/mol. The fourth-order valence-electron chi connectivity index (χ4n) is 4.39. The van der Waals surface area contributed by atoms with Crippen LogP contribution in [0.5, 0.6) is 0 Å². The highest BCUT2D eigenvalue weighted by Crippen LogP contribution is 2.30. The van der Waals surface area contributed by atoms with E-state index in [0.29, 0.717) is 0 Å². The zero-order valence-electron chi connectivity index (χ0n) is 16.3. The second-order valence-corrected chi connectivity index (χ2v) is 7.98. The summed E-state index contributed by atoms with van der Waals surface area (Å²) in [7, 11) is 0. The lowest BCUT2D eigenvalue weighted by Gasteiger charge is -2.37. The molecule has 2 aromatic rings. The van der Waals surface area contributed by atoms with Gasteiger partial charge in [-0.1, -0.05) is 30.3 Å². The highest BCUT2D eigenvalue weighted by Gasteiger charge is 2.34. The summed E-state index contributed by atoms with van der Waals surface area (Å²) in [5.74, 6) is 0.918. The van der Waals surface area contributed by atoms with Gasteiger partial charge in [0, 0.05) is 24.3 Å². The molecule has 5 nitrogen and oxygen atoms in total. The number of pyridine rings is 1. The Bertz CT molecular complexity index is 764. The van der Waals surface area contributed by atoms with Crippen molar-refractivity contribution in [2.75, 3.05) is 18.0 Å². The maximum atomic E-state index is 13.4. The summed E-state index contributed by atoms with van der Waals surface area (Å²) >= 11 is 0. The third kappa shape index (κ3) is 4.26. The van der Waals surface area contributed by atoms with Crippen molar-refractivity contribution in [3.63, 3.8) is 0 Å². The summed E-state index contributed by atoms with van der Waals surface area (Å²) in [5, 5.41) is 13.3. The van der Waals surface area contributed by atoms with E-state index < -0.39 is 0 Å². The van der Waals surface area contributed by atoms with Crippen molar-refractivity contribution >= 4 is 11.7 Å². The number of anilines is 1. The van der Waals surface area contributed by atoms with Crippen LogP contribution < -0.4 is 10.2 Å². The first-order valence-electron chi connectivity index (χ1n) is 10.5. The minimum Gasteiger partial charge on any atom is -0.393 e. The molecule has 1 atom stereocenters. The second kappa shape index (κ2) is 8.84. The standard InChI is InChI=1S/C23H29N3O2/c27-21-11-9-20(10-12-21)26(23(28)19-7-4-14-24-15-19)22-13-8-18(16-25-22)17-5-2-1-3-6-17/h1-3,5-6,8,13,16,19-21,24,27H,4,7,9-12,14-15H2/t19-,20?,21?/m0/s1. The quantitative estimate of drug-likeness (QED) is 0.855. The topological polar surface area (TPSA) is 65.5 Å². The van der Waals surface area contributed by atoms with Gasteiger partial charge in [-0.15, -0.1) is 0 Å². The zero-order valence-corrected chi connectivity index (χ0v) is 16.3. The van der Waals surface area contributed by atoms with E-state index in [4.69, 9.17) is 0 Å². The molecule has 1 aliphatic carbocycles. The van der Waals surface area contributed by atoms with Gasteiger partial charge in [-0.3, -0.25) is 9.69 Å². The summed E-state index contributed by atoms with van der Waals surface area (Å²) in [6.45, 7) is 1.73. The Hall–Kier alpha value is -2.24. The summed E-state index contributed by atoms with van der Waals surface area (Å²) in [4.78, 5) is 20.0. The third-order valence-corrected chi connectivity index (χ3v) is 6.02. The number of carbonyl (C=O) groups excluding carboxylic acids is 1. The molecule has 1 aromatic carbocycles. The van der Waals surface area contributed by atoms with E-state index >= 15 is 0 Å². The van der Waals surface area contributed by atoms with Crippen molar-refractivity contribution in [3.05, 3.63) is 48.7 Å². The molecule has 0 spiro atoms. The first kappa shape index (κ1) is 19.1. The van der Waals surface area contributed by atoms with Gasteiger partial charge in [-0.2, -0.15) is 0 Å². The molecule has 2 N–H and O–H groups in total. The number of benzene rings is 1. The Balaban J connectivity index is 1.59. The van der Waals surface area contributed by atoms with Crippen LogP contribution in [0.25, 0.3) is 11.1 Å². The molecule has 0 unspecified atom stereocenters. The predicted octanol–water partition coefficient (Wildman–Crippen LogP) is 3.38. The number of amides is 1. The molecule has 2 aliphatic rings. The van der Waals surface area contributed by atoms with Crippen molar-refractivity contribution in [1.29, 1.82) is 0 Å². The summed E-state index contributed by atoms with van der Waals surface area (Å²) in [5.41, 5.74) is 2.17. The molecule has 1 aromatic heterocycles. The smallest absolute Gasteiger partial charge is 0.232 e. The van der Waals surface area contributed by atoms with Crippen LogP contribution in [0.4, 0.5) is 5.82 Å². The Morgan fingerprint density at radius 1 is 1.00 bits per heavy atom. The van der Waals surface area contributed by atoms with Crippen molar-refractivity contribution < 1.29 is 9.90 Å². The minimum absolute atomic E-state index is 0.0104. The largest absolute Gasteiger partial charge is 0.393 e. The molecule has 0 radical (unpaired) electrons.